The summed E-state index contributed by atoms with van der Waals surface area (Å²) in [5.74, 6) is 0.454. The van der Waals surface area contributed by atoms with Crippen LogP contribution in [0.15, 0.2) is 0 Å². The van der Waals surface area contributed by atoms with Gasteiger partial charge in [0.1, 0.15) is 0 Å². The molecule has 1 N–H and O–H groups in total. The maximum absolute atomic E-state index is 11.4. The third kappa shape index (κ3) is 1.98. The van der Waals surface area contributed by atoms with E-state index in [0.29, 0.717) is 12.2 Å². The summed E-state index contributed by atoms with van der Waals surface area (Å²) in [6.07, 6.45) is 2.18. The third-order valence-corrected chi connectivity index (χ3v) is 5.08. The summed E-state index contributed by atoms with van der Waals surface area (Å²) in [4.78, 5) is 0. The van der Waals surface area contributed by atoms with E-state index in [1.807, 2.05) is 6.92 Å². The Hall–Kier alpha value is -0.0900. The van der Waals surface area contributed by atoms with E-state index < -0.39 is 9.84 Å². The van der Waals surface area contributed by atoms with Crippen LogP contribution in [0, 0.1) is 5.92 Å². The van der Waals surface area contributed by atoms with Gasteiger partial charge in [-0.2, -0.15) is 0 Å². The minimum atomic E-state index is -2.82. The van der Waals surface area contributed by atoms with Crippen LogP contribution in [0.1, 0.15) is 26.2 Å². The van der Waals surface area contributed by atoms with Gasteiger partial charge in [-0.15, -0.1) is 0 Å². The molecule has 1 fully saturated rings. The Morgan fingerprint density at radius 2 is 2.25 bits per heavy atom. The lowest BCUT2D eigenvalue weighted by molar-refractivity contribution is 0.259. The molecule has 0 radical (unpaired) electrons. The van der Waals surface area contributed by atoms with Gasteiger partial charge in [0, 0.05) is 6.61 Å². The third-order valence-electron chi connectivity index (χ3n) is 2.60. The quantitative estimate of drug-likeness (QED) is 0.711. The molecule has 0 bridgehead atoms. The zero-order valence-corrected chi connectivity index (χ0v) is 8.18. The minimum Gasteiger partial charge on any atom is -0.396 e. The average Bonchev–Trinajstić information content (AvgIpc) is 2.30. The van der Waals surface area contributed by atoms with Crippen molar-refractivity contribution in [3.63, 3.8) is 0 Å². The highest BCUT2D eigenvalue weighted by molar-refractivity contribution is 7.92. The van der Waals surface area contributed by atoms with Crippen molar-refractivity contribution in [3.8, 4) is 0 Å². The molecule has 0 spiro atoms. The molecule has 3 nitrogen and oxygen atoms in total. The SMILES string of the molecule is CC(CCO)C1CCCS1(=O)=O. The Morgan fingerprint density at radius 3 is 2.67 bits per heavy atom. The van der Waals surface area contributed by atoms with Crippen LogP contribution in [0.5, 0.6) is 0 Å². The van der Waals surface area contributed by atoms with E-state index in [2.05, 4.69) is 0 Å². The van der Waals surface area contributed by atoms with Crippen molar-refractivity contribution in [1.29, 1.82) is 0 Å². The molecule has 0 saturated carbocycles. The smallest absolute Gasteiger partial charge is 0.153 e. The largest absolute Gasteiger partial charge is 0.396 e. The summed E-state index contributed by atoms with van der Waals surface area (Å²) in [6.45, 7) is 2.00. The predicted octanol–water partition coefficient (Wildman–Crippen LogP) is 0.582. The second kappa shape index (κ2) is 3.75. The first kappa shape index (κ1) is 9.99. The van der Waals surface area contributed by atoms with Crippen molar-refractivity contribution >= 4 is 9.84 Å². The van der Waals surface area contributed by atoms with Crippen molar-refractivity contribution in [1.82, 2.24) is 0 Å². The van der Waals surface area contributed by atoms with Gasteiger partial charge in [-0.1, -0.05) is 6.92 Å². The van der Waals surface area contributed by atoms with Crippen LogP contribution in [0.4, 0.5) is 0 Å². The van der Waals surface area contributed by atoms with Gasteiger partial charge in [0.05, 0.1) is 11.0 Å². The predicted molar refractivity (Wildman–Crippen MR) is 47.7 cm³/mol. The van der Waals surface area contributed by atoms with Crippen LogP contribution in [0.2, 0.25) is 0 Å². The number of aliphatic hydroxyl groups is 1. The highest BCUT2D eigenvalue weighted by Crippen LogP contribution is 2.27. The molecule has 0 aromatic carbocycles. The van der Waals surface area contributed by atoms with Gasteiger partial charge >= 0.3 is 0 Å². The van der Waals surface area contributed by atoms with Gasteiger partial charge in [-0.3, -0.25) is 0 Å². The summed E-state index contributed by atoms with van der Waals surface area (Å²) in [6, 6.07) is 0. The fourth-order valence-corrected chi connectivity index (χ4v) is 4.09. The summed E-state index contributed by atoms with van der Waals surface area (Å²) < 4.78 is 22.8. The van der Waals surface area contributed by atoms with E-state index in [4.69, 9.17) is 5.11 Å². The molecule has 2 unspecified atom stereocenters. The number of aliphatic hydroxyl groups excluding tert-OH is 1. The van der Waals surface area contributed by atoms with Crippen molar-refractivity contribution in [2.75, 3.05) is 12.4 Å². The second-order valence-corrected chi connectivity index (χ2v) is 5.88. The lowest BCUT2D eigenvalue weighted by Gasteiger charge is -2.16. The van der Waals surface area contributed by atoms with Gasteiger partial charge in [-0.05, 0) is 25.2 Å². The first-order valence-electron chi connectivity index (χ1n) is 4.40. The fourth-order valence-electron chi connectivity index (χ4n) is 1.84. The van der Waals surface area contributed by atoms with Crippen molar-refractivity contribution in [2.45, 2.75) is 31.4 Å². The van der Waals surface area contributed by atoms with Crippen LogP contribution < -0.4 is 0 Å². The van der Waals surface area contributed by atoms with Gasteiger partial charge in [0.15, 0.2) is 9.84 Å². The van der Waals surface area contributed by atoms with Crippen molar-refractivity contribution in [2.24, 2.45) is 5.92 Å². The van der Waals surface area contributed by atoms with Gasteiger partial charge in [-0.25, -0.2) is 8.42 Å². The normalized spacial score (nSPS) is 30.3. The molecule has 12 heavy (non-hydrogen) atoms. The Labute approximate surface area is 73.7 Å². The van der Waals surface area contributed by atoms with Crippen LogP contribution >= 0.6 is 0 Å². The Bertz CT molecular complexity index is 233. The zero-order chi connectivity index (χ0) is 9.19. The summed E-state index contributed by atoms with van der Waals surface area (Å²) in [7, 11) is -2.82. The maximum atomic E-state index is 11.4. The van der Waals surface area contributed by atoms with Crippen LogP contribution in [-0.2, 0) is 9.84 Å². The van der Waals surface area contributed by atoms with Gasteiger partial charge in [0.25, 0.3) is 0 Å². The molecule has 1 heterocycles. The van der Waals surface area contributed by atoms with E-state index in [1.165, 1.54) is 0 Å². The lowest BCUT2D eigenvalue weighted by Crippen LogP contribution is -2.24. The minimum absolute atomic E-state index is 0.0905. The van der Waals surface area contributed by atoms with Crippen molar-refractivity contribution < 1.29 is 13.5 Å². The second-order valence-electron chi connectivity index (χ2n) is 3.54. The molecule has 0 aromatic rings. The van der Waals surface area contributed by atoms with E-state index in [0.717, 1.165) is 12.8 Å². The van der Waals surface area contributed by atoms with E-state index >= 15 is 0 Å². The van der Waals surface area contributed by atoms with Crippen LogP contribution in [-0.4, -0.2) is 31.1 Å². The first-order chi connectivity index (χ1) is 5.58. The molecule has 0 amide bonds. The summed E-state index contributed by atoms with van der Waals surface area (Å²) in [5, 5.41) is 8.48. The van der Waals surface area contributed by atoms with E-state index in [1.54, 1.807) is 0 Å². The van der Waals surface area contributed by atoms with E-state index in [-0.39, 0.29) is 17.8 Å². The van der Waals surface area contributed by atoms with Crippen LogP contribution in [0.25, 0.3) is 0 Å². The molecule has 1 rings (SSSR count). The van der Waals surface area contributed by atoms with Gasteiger partial charge < -0.3 is 5.11 Å². The molecule has 4 heteroatoms. The fraction of sp³-hybridized carbons (Fsp3) is 1.00. The monoisotopic (exact) mass is 192 g/mol. The van der Waals surface area contributed by atoms with Crippen LogP contribution in [0.3, 0.4) is 0 Å². The standard InChI is InChI=1S/C8H16O3S/c1-7(4-5-9)8-3-2-6-12(8,10)11/h7-9H,2-6H2,1H3. The molecule has 0 aromatic heterocycles. The molecule has 72 valence electrons. The number of hydrogen-bond donors (Lipinski definition) is 1. The molecular weight excluding hydrogens is 176 g/mol. The molecule has 1 aliphatic heterocycles. The topological polar surface area (TPSA) is 54.4 Å². The molecular formula is C8H16O3S. The average molecular weight is 192 g/mol. The van der Waals surface area contributed by atoms with E-state index in [9.17, 15) is 8.42 Å². The number of hydrogen-bond acceptors (Lipinski definition) is 3. The molecule has 1 aliphatic rings. The van der Waals surface area contributed by atoms with Gasteiger partial charge in [0.2, 0.25) is 0 Å². The zero-order valence-electron chi connectivity index (χ0n) is 7.36. The Kier molecular flexibility index (Phi) is 3.12. The first-order valence-corrected chi connectivity index (χ1v) is 6.12. The summed E-state index contributed by atoms with van der Waals surface area (Å²) in [5.41, 5.74) is 0. The van der Waals surface area contributed by atoms with Crippen molar-refractivity contribution in [3.05, 3.63) is 0 Å². The number of rotatable bonds is 3. The number of sulfone groups is 1. The maximum Gasteiger partial charge on any atom is 0.153 e. The highest BCUT2D eigenvalue weighted by Gasteiger charge is 2.34. The molecule has 1 saturated heterocycles. The lowest BCUT2D eigenvalue weighted by atomic mass is 10.0. The Morgan fingerprint density at radius 1 is 1.58 bits per heavy atom. The molecule has 0 aliphatic carbocycles. The molecule has 2 atom stereocenters. The highest BCUT2D eigenvalue weighted by atomic mass is 32.2. The summed E-state index contributed by atoms with van der Waals surface area (Å²) >= 11 is 0. The Balaban J connectivity index is 2.62.